The Labute approximate surface area is 157 Å². The van der Waals surface area contributed by atoms with Crippen LogP contribution < -0.4 is 15.9 Å². The minimum absolute atomic E-state index is 0.349. The first-order valence-corrected chi connectivity index (χ1v) is 11.8. The summed E-state index contributed by atoms with van der Waals surface area (Å²) in [6.45, 7) is 0. The van der Waals surface area contributed by atoms with E-state index in [9.17, 15) is 5.11 Å². The van der Waals surface area contributed by atoms with Gasteiger partial charge in [-0.05, 0) is 0 Å². The molecule has 1 N–H and O–H groups in total. The summed E-state index contributed by atoms with van der Waals surface area (Å²) in [6.07, 6.45) is 6.63. The van der Waals surface area contributed by atoms with Crippen LogP contribution in [0.2, 0.25) is 0 Å². The van der Waals surface area contributed by atoms with Gasteiger partial charge in [-0.25, -0.2) is 0 Å². The number of rotatable bonds is 4. The van der Waals surface area contributed by atoms with Crippen LogP contribution in [0.1, 0.15) is 32.1 Å². The van der Waals surface area contributed by atoms with Gasteiger partial charge in [-0.15, -0.1) is 0 Å². The summed E-state index contributed by atoms with van der Waals surface area (Å²) in [5.41, 5.74) is 0.700. The molecule has 0 aromatic heterocycles. The molecule has 0 heterocycles. The first kappa shape index (κ1) is 17.3. The fourth-order valence-electron chi connectivity index (χ4n) is 4.87. The fourth-order valence-corrected chi connectivity index (χ4v) is 10.7. The fraction of sp³-hybridized carbons (Fsp3) is 0.250. The molecule has 1 aliphatic rings. The summed E-state index contributed by atoms with van der Waals surface area (Å²) in [5, 5.41) is 14.3. The molecule has 0 aliphatic heterocycles. The topological polar surface area (TPSA) is 20.2 Å². The van der Waals surface area contributed by atoms with E-state index in [1.54, 1.807) is 0 Å². The van der Waals surface area contributed by atoms with Gasteiger partial charge in [-0.3, -0.25) is 0 Å². The molecule has 1 saturated carbocycles. The van der Waals surface area contributed by atoms with E-state index < -0.39 is 7.26 Å². The third-order valence-electron chi connectivity index (χ3n) is 6.00. The molecule has 3 aromatic carbocycles. The Morgan fingerprint density at radius 3 is 1.54 bits per heavy atom. The quantitative estimate of drug-likeness (QED) is 0.664. The molecule has 0 radical (unpaired) electrons. The number of benzene rings is 3. The van der Waals surface area contributed by atoms with Crippen molar-refractivity contribution in [2.24, 2.45) is 0 Å². The van der Waals surface area contributed by atoms with Crippen LogP contribution in [-0.4, -0.2) is 10.8 Å². The molecule has 0 atom stereocenters. The molecular weight excluding hydrogens is 335 g/mol. The van der Waals surface area contributed by atoms with Crippen molar-refractivity contribution in [1.82, 2.24) is 0 Å². The molecule has 1 aliphatic carbocycles. The molecule has 4 rings (SSSR count). The number of hydrogen-bond donors (Lipinski definition) is 1. The molecule has 26 heavy (non-hydrogen) atoms. The van der Waals surface area contributed by atoms with Gasteiger partial charge in [0.25, 0.3) is 0 Å². The summed E-state index contributed by atoms with van der Waals surface area (Å²) < 4.78 is 0. The normalized spacial score (nSPS) is 16.3. The predicted octanol–water partition coefficient (Wildman–Crippen LogP) is 4.75. The van der Waals surface area contributed by atoms with Crippen molar-refractivity contribution in [3.8, 4) is 5.75 Å². The van der Waals surface area contributed by atoms with Crippen LogP contribution in [0.3, 0.4) is 0 Å². The molecule has 2 heteroatoms. The molecule has 0 saturated heterocycles. The van der Waals surface area contributed by atoms with Crippen molar-refractivity contribution in [2.75, 3.05) is 0 Å². The summed E-state index contributed by atoms with van der Waals surface area (Å²) in [7, 11) is -2.16. The van der Waals surface area contributed by atoms with Crippen LogP contribution in [0.4, 0.5) is 0 Å². The Balaban J connectivity index is 2.00. The summed E-state index contributed by atoms with van der Waals surface area (Å²) in [5.74, 6) is 0.349. The molecule has 0 amide bonds. The van der Waals surface area contributed by atoms with Crippen LogP contribution in [0, 0.1) is 0 Å². The average Bonchev–Trinajstić information content (AvgIpc) is 2.72. The van der Waals surface area contributed by atoms with Crippen LogP contribution >= 0.6 is 7.26 Å². The Bertz CT molecular complexity index is 782. The van der Waals surface area contributed by atoms with Gasteiger partial charge in [0.2, 0.25) is 0 Å². The Kier molecular flexibility index (Phi) is 5.09. The number of phenolic OH excluding ortho intramolecular Hbond substituents is 1. The first-order chi connectivity index (χ1) is 12.8. The Morgan fingerprint density at radius 1 is 0.577 bits per heavy atom. The number of hydrogen-bond acceptors (Lipinski definition) is 1. The second kappa shape index (κ2) is 7.64. The van der Waals surface area contributed by atoms with Gasteiger partial charge in [0, 0.05) is 0 Å². The summed E-state index contributed by atoms with van der Waals surface area (Å²) in [4.78, 5) is 0. The van der Waals surface area contributed by atoms with Crippen molar-refractivity contribution in [3.63, 3.8) is 0 Å². The molecule has 1 nitrogen and oxygen atoms in total. The average molecular weight is 362 g/mol. The van der Waals surface area contributed by atoms with Crippen LogP contribution in [-0.2, 0) is 0 Å². The van der Waals surface area contributed by atoms with Gasteiger partial charge in [-0.2, -0.15) is 0 Å². The zero-order valence-corrected chi connectivity index (χ0v) is 16.1. The predicted molar refractivity (Wildman–Crippen MR) is 115 cm³/mol. The van der Waals surface area contributed by atoms with Gasteiger partial charge in [0.15, 0.2) is 0 Å². The number of aromatic hydroxyl groups is 1. The molecule has 3 aromatic rings. The summed E-state index contributed by atoms with van der Waals surface area (Å²) in [6, 6.07) is 30.4. The van der Waals surface area contributed by atoms with E-state index in [0.29, 0.717) is 11.4 Å². The van der Waals surface area contributed by atoms with Crippen molar-refractivity contribution >= 4 is 23.2 Å². The second-order valence-electron chi connectivity index (χ2n) is 7.42. The number of phenols is 1. The van der Waals surface area contributed by atoms with Gasteiger partial charge in [0.1, 0.15) is 0 Å². The Morgan fingerprint density at radius 2 is 1.04 bits per heavy atom. The third kappa shape index (κ3) is 3.06. The maximum atomic E-state index is 9.89. The molecular formula is C24H27OP. The van der Waals surface area contributed by atoms with E-state index >= 15 is 0 Å². The SMILES string of the molecule is Oc1ccc([PH](c2ccccc2)(c2ccccc2)C2CCCCC2)cc1. The summed E-state index contributed by atoms with van der Waals surface area (Å²) >= 11 is 0. The van der Waals surface area contributed by atoms with Gasteiger partial charge >= 0.3 is 157 Å². The molecule has 134 valence electrons. The van der Waals surface area contributed by atoms with Crippen molar-refractivity contribution in [1.29, 1.82) is 0 Å². The van der Waals surface area contributed by atoms with E-state index in [4.69, 9.17) is 0 Å². The third-order valence-corrected chi connectivity index (χ3v) is 11.5. The standard InChI is InChI=1S/C24H27OP/c25-20-16-18-24(19-17-20)26(21-10-4-1-5-11-21,22-12-6-2-7-13-22)23-14-8-3-9-15-23/h1-2,4-7,10-13,16-19,23,25-26H,3,8-9,14-15H2. The van der Waals surface area contributed by atoms with Crippen molar-refractivity contribution in [3.05, 3.63) is 84.9 Å². The molecule has 0 unspecified atom stereocenters. The van der Waals surface area contributed by atoms with Crippen molar-refractivity contribution in [2.45, 2.75) is 37.8 Å². The zero-order valence-electron chi connectivity index (χ0n) is 15.1. The minimum atomic E-state index is -2.16. The van der Waals surface area contributed by atoms with E-state index in [0.717, 1.165) is 0 Å². The van der Waals surface area contributed by atoms with Gasteiger partial charge in [-0.1, -0.05) is 0 Å². The maximum absolute atomic E-state index is 9.89. The van der Waals surface area contributed by atoms with Gasteiger partial charge in [0.05, 0.1) is 0 Å². The van der Waals surface area contributed by atoms with E-state index in [1.807, 2.05) is 12.1 Å². The van der Waals surface area contributed by atoms with Crippen LogP contribution in [0.15, 0.2) is 84.9 Å². The van der Waals surface area contributed by atoms with Crippen LogP contribution in [0.25, 0.3) is 0 Å². The monoisotopic (exact) mass is 362 g/mol. The molecule has 0 bridgehead atoms. The van der Waals surface area contributed by atoms with Crippen LogP contribution in [0.5, 0.6) is 5.75 Å². The first-order valence-electron chi connectivity index (χ1n) is 9.72. The van der Waals surface area contributed by atoms with Gasteiger partial charge < -0.3 is 0 Å². The zero-order chi connectivity index (χ0) is 17.8. The molecule has 0 spiro atoms. The van der Waals surface area contributed by atoms with E-state index in [2.05, 4.69) is 72.8 Å². The Hall–Kier alpha value is -2.11. The molecule has 1 fully saturated rings. The van der Waals surface area contributed by atoms with Crippen molar-refractivity contribution < 1.29 is 5.11 Å². The second-order valence-corrected chi connectivity index (χ2v) is 11.6. The van der Waals surface area contributed by atoms with E-state index in [1.165, 1.54) is 48.0 Å². The van der Waals surface area contributed by atoms with E-state index in [-0.39, 0.29) is 0 Å².